The van der Waals surface area contributed by atoms with E-state index in [1.54, 1.807) is 0 Å². The van der Waals surface area contributed by atoms with E-state index in [0.717, 1.165) is 11.1 Å². The predicted molar refractivity (Wildman–Crippen MR) is 69.2 cm³/mol. The zero-order valence-electron chi connectivity index (χ0n) is 11.0. The molecule has 3 heteroatoms. The molecule has 0 saturated heterocycles. The maximum Gasteiger partial charge on any atom is 0.251 e. The molecule has 0 aliphatic rings. The second-order valence-corrected chi connectivity index (χ2v) is 5.13. The summed E-state index contributed by atoms with van der Waals surface area (Å²) in [6.45, 7) is 7.82. The van der Waals surface area contributed by atoms with Gasteiger partial charge in [0, 0.05) is 17.7 Å². The Balaban J connectivity index is 2.83. The normalized spacial score (nSPS) is 11.4. The first-order chi connectivity index (χ1) is 7.85. The Morgan fingerprint density at radius 1 is 1.35 bits per heavy atom. The molecule has 1 amide bonds. The summed E-state index contributed by atoms with van der Waals surface area (Å²) in [5.74, 6) is -0.0825. The number of aliphatic hydroxyl groups is 1. The van der Waals surface area contributed by atoms with Crippen LogP contribution in [-0.2, 0) is 0 Å². The van der Waals surface area contributed by atoms with E-state index >= 15 is 0 Å². The van der Waals surface area contributed by atoms with Crippen molar-refractivity contribution in [3.05, 3.63) is 34.9 Å². The number of hydrogen-bond acceptors (Lipinski definition) is 2. The van der Waals surface area contributed by atoms with Crippen LogP contribution in [0.15, 0.2) is 18.2 Å². The highest BCUT2D eigenvalue weighted by molar-refractivity contribution is 5.96. The molecule has 94 valence electrons. The molecule has 0 atom stereocenters. The molecule has 0 fully saturated rings. The van der Waals surface area contributed by atoms with Gasteiger partial charge in [-0.15, -0.1) is 0 Å². The first-order valence-electron chi connectivity index (χ1n) is 5.86. The van der Waals surface area contributed by atoms with E-state index in [1.165, 1.54) is 0 Å². The molecule has 17 heavy (non-hydrogen) atoms. The van der Waals surface area contributed by atoms with Gasteiger partial charge in [0.05, 0.1) is 0 Å². The first-order valence-corrected chi connectivity index (χ1v) is 5.86. The van der Waals surface area contributed by atoms with Gasteiger partial charge < -0.3 is 10.4 Å². The van der Waals surface area contributed by atoms with E-state index < -0.39 is 0 Å². The van der Waals surface area contributed by atoms with E-state index in [0.29, 0.717) is 12.0 Å². The Morgan fingerprint density at radius 2 is 2.00 bits per heavy atom. The summed E-state index contributed by atoms with van der Waals surface area (Å²) >= 11 is 0. The van der Waals surface area contributed by atoms with Crippen molar-refractivity contribution >= 4 is 5.91 Å². The molecular weight excluding hydrogens is 214 g/mol. The van der Waals surface area contributed by atoms with Crippen molar-refractivity contribution in [2.75, 3.05) is 6.61 Å². The Labute approximate surface area is 103 Å². The van der Waals surface area contributed by atoms with Gasteiger partial charge in [-0.3, -0.25) is 4.79 Å². The number of carbonyl (C=O) groups is 1. The average Bonchev–Trinajstić information content (AvgIpc) is 2.15. The number of amides is 1. The third-order valence-electron chi connectivity index (χ3n) is 2.82. The molecule has 0 radical (unpaired) electrons. The van der Waals surface area contributed by atoms with Crippen LogP contribution in [0, 0.1) is 13.8 Å². The van der Waals surface area contributed by atoms with E-state index in [9.17, 15) is 4.79 Å². The van der Waals surface area contributed by atoms with Gasteiger partial charge in [0.2, 0.25) is 0 Å². The molecular formula is C14H21NO2. The van der Waals surface area contributed by atoms with Gasteiger partial charge in [0.15, 0.2) is 0 Å². The van der Waals surface area contributed by atoms with Crippen LogP contribution in [0.4, 0.5) is 0 Å². The third-order valence-corrected chi connectivity index (χ3v) is 2.82. The van der Waals surface area contributed by atoms with Crippen LogP contribution in [-0.4, -0.2) is 23.2 Å². The summed E-state index contributed by atoms with van der Waals surface area (Å²) in [6.07, 6.45) is 0.545. The number of rotatable bonds is 4. The third kappa shape index (κ3) is 3.86. The topological polar surface area (TPSA) is 49.3 Å². The van der Waals surface area contributed by atoms with Crippen molar-refractivity contribution in [3.8, 4) is 0 Å². The number of hydrogen-bond donors (Lipinski definition) is 2. The van der Waals surface area contributed by atoms with Gasteiger partial charge in [-0.2, -0.15) is 0 Å². The summed E-state index contributed by atoms with van der Waals surface area (Å²) in [5.41, 5.74) is 2.43. The predicted octanol–water partition coefficient (Wildman–Crippen LogP) is 2.19. The zero-order valence-corrected chi connectivity index (χ0v) is 11.0. The molecule has 0 aliphatic carbocycles. The molecule has 1 rings (SSSR count). The van der Waals surface area contributed by atoms with Gasteiger partial charge >= 0.3 is 0 Å². The van der Waals surface area contributed by atoms with Crippen LogP contribution in [0.1, 0.15) is 41.8 Å². The fourth-order valence-electron chi connectivity index (χ4n) is 1.79. The minimum absolute atomic E-state index is 0.0696. The van der Waals surface area contributed by atoms with Crippen molar-refractivity contribution in [1.82, 2.24) is 5.32 Å². The molecule has 0 aromatic heterocycles. The summed E-state index contributed by atoms with van der Waals surface area (Å²) < 4.78 is 0. The zero-order chi connectivity index (χ0) is 13.1. The average molecular weight is 235 g/mol. The van der Waals surface area contributed by atoms with Crippen molar-refractivity contribution < 1.29 is 9.90 Å². The number of carbonyl (C=O) groups excluding carboxylic acids is 1. The highest BCUT2D eigenvalue weighted by Gasteiger charge is 2.21. The SMILES string of the molecule is Cc1ccc(C(=O)NC(C)(C)CCO)c(C)c1. The lowest BCUT2D eigenvalue weighted by atomic mass is 9.99. The molecule has 2 N–H and O–H groups in total. The van der Waals surface area contributed by atoms with Crippen molar-refractivity contribution in [3.63, 3.8) is 0 Å². The van der Waals surface area contributed by atoms with Gasteiger partial charge in [-0.25, -0.2) is 0 Å². The fraction of sp³-hybridized carbons (Fsp3) is 0.500. The maximum absolute atomic E-state index is 12.1. The Bertz CT molecular complexity index is 411. The van der Waals surface area contributed by atoms with Gasteiger partial charge in [-0.1, -0.05) is 17.7 Å². The highest BCUT2D eigenvalue weighted by Crippen LogP contribution is 2.13. The largest absolute Gasteiger partial charge is 0.396 e. The van der Waals surface area contributed by atoms with Gasteiger partial charge in [0.1, 0.15) is 0 Å². The van der Waals surface area contributed by atoms with Gasteiger partial charge in [-0.05, 0) is 45.7 Å². The summed E-state index contributed by atoms with van der Waals surface area (Å²) in [5, 5.41) is 11.9. The fourth-order valence-corrected chi connectivity index (χ4v) is 1.79. The van der Waals surface area contributed by atoms with E-state index in [1.807, 2.05) is 45.9 Å². The Hall–Kier alpha value is -1.35. The standard InChI is InChI=1S/C14H21NO2/c1-10-5-6-12(11(2)9-10)13(17)15-14(3,4)7-8-16/h5-6,9,16H,7-8H2,1-4H3,(H,15,17). The second kappa shape index (κ2) is 5.32. The lowest BCUT2D eigenvalue weighted by Gasteiger charge is -2.25. The van der Waals surface area contributed by atoms with E-state index in [4.69, 9.17) is 5.11 Å². The van der Waals surface area contributed by atoms with Gasteiger partial charge in [0.25, 0.3) is 5.91 Å². The minimum Gasteiger partial charge on any atom is -0.396 e. The molecule has 0 saturated carbocycles. The van der Waals surface area contributed by atoms with Crippen molar-refractivity contribution in [2.45, 2.75) is 39.7 Å². The molecule has 0 bridgehead atoms. The van der Waals surface area contributed by atoms with E-state index in [-0.39, 0.29) is 18.1 Å². The van der Waals surface area contributed by atoms with Crippen molar-refractivity contribution in [1.29, 1.82) is 0 Å². The monoisotopic (exact) mass is 235 g/mol. The molecule has 0 aliphatic heterocycles. The number of aryl methyl sites for hydroxylation is 2. The number of nitrogens with one attached hydrogen (secondary N) is 1. The van der Waals surface area contributed by atoms with Crippen LogP contribution in [0.2, 0.25) is 0 Å². The molecule has 0 heterocycles. The molecule has 3 nitrogen and oxygen atoms in total. The number of aliphatic hydroxyl groups excluding tert-OH is 1. The maximum atomic E-state index is 12.1. The highest BCUT2D eigenvalue weighted by atomic mass is 16.3. The smallest absolute Gasteiger partial charge is 0.251 e. The lowest BCUT2D eigenvalue weighted by Crippen LogP contribution is -2.44. The summed E-state index contributed by atoms with van der Waals surface area (Å²) in [6, 6.07) is 5.77. The molecule has 0 spiro atoms. The lowest BCUT2D eigenvalue weighted by molar-refractivity contribution is 0.0899. The number of benzene rings is 1. The quantitative estimate of drug-likeness (QED) is 0.840. The Kier molecular flexibility index (Phi) is 4.29. The van der Waals surface area contributed by atoms with Crippen LogP contribution >= 0.6 is 0 Å². The van der Waals surface area contributed by atoms with Crippen LogP contribution < -0.4 is 5.32 Å². The molecule has 1 aromatic carbocycles. The second-order valence-electron chi connectivity index (χ2n) is 5.13. The van der Waals surface area contributed by atoms with Crippen LogP contribution in [0.5, 0.6) is 0 Å². The molecule has 0 unspecified atom stereocenters. The van der Waals surface area contributed by atoms with Crippen LogP contribution in [0.3, 0.4) is 0 Å². The molecule has 1 aromatic rings. The Morgan fingerprint density at radius 3 is 2.53 bits per heavy atom. The minimum atomic E-state index is -0.386. The summed E-state index contributed by atoms with van der Waals surface area (Å²) in [4.78, 5) is 12.1. The van der Waals surface area contributed by atoms with Crippen LogP contribution in [0.25, 0.3) is 0 Å². The van der Waals surface area contributed by atoms with E-state index in [2.05, 4.69) is 5.32 Å². The van der Waals surface area contributed by atoms with Crippen molar-refractivity contribution in [2.24, 2.45) is 0 Å². The summed E-state index contributed by atoms with van der Waals surface area (Å²) in [7, 11) is 0. The first kappa shape index (κ1) is 13.7.